The lowest BCUT2D eigenvalue weighted by Crippen LogP contribution is -2.18. The summed E-state index contributed by atoms with van der Waals surface area (Å²) in [4.78, 5) is 58.1. The molecule has 14 nitrogen and oxygen atoms in total. The van der Waals surface area contributed by atoms with Gasteiger partial charge in [0.2, 0.25) is 0 Å². The summed E-state index contributed by atoms with van der Waals surface area (Å²) < 4.78 is 10.8. The van der Waals surface area contributed by atoms with Crippen molar-refractivity contribution in [1.29, 1.82) is 0 Å². The first-order valence-corrected chi connectivity index (χ1v) is 12.9. The summed E-state index contributed by atoms with van der Waals surface area (Å²) in [6.07, 6.45) is 1.32. The van der Waals surface area contributed by atoms with Crippen molar-refractivity contribution < 1.29 is 33.7 Å². The predicted octanol–water partition coefficient (Wildman–Crippen LogP) is 5.14. The number of nitro groups is 2. The van der Waals surface area contributed by atoms with Crippen molar-refractivity contribution in [2.24, 2.45) is 5.10 Å². The van der Waals surface area contributed by atoms with Gasteiger partial charge >= 0.3 is 5.97 Å². The fraction of sp³-hybridized carbons (Fsp3) is 0.0667. The molecule has 4 rings (SSSR count). The number of carbonyl (C=O) groups excluding carboxylic acids is 3. The van der Waals surface area contributed by atoms with E-state index < -0.39 is 38.7 Å². The van der Waals surface area contributed by atoms with Crippen LogP contribution < -0.4 is 20.2 Å². The van der Waals surface area contributed by atoms with Crippen LogP contribution >= 0.6 is 0 Å². The molecule has 0 aliphatic carbocycles. The first-order valence-electron chi connectivity index (χ1n) is 12.9. The van der Waals surface area contributed by atoms with Gasteiger partial charge in [0.1, 0.15) is 0 Å². The van der Waals surface area contributed by atoms with Crippen LogP contribution in [0.25, 0.3) is 0 Å². The lowest BCUT2D eigenvalue weighted by Gasteiger charge is -2.11. The highest BCUT2D eigenvalue weighted by atomic mass is 16.6. The van der Waals surface area contributed by atoms with E-state index >= 15 is 0 Å². The Morgan fingerprint density at radius 3 is 2.02 bits per heavy atom. The van der Waals surface area contributed by atoms with Gasteiger partial charge in [-0.15, -0.1) is 0 Å². The first kappa shape index (κ1) is 30.5. The largest absolute Gasteiger partial charge is 0.490 e. The smallest absolute Gasteiger partial charge is 0.344 e. The summed E-state index contributed by atoms with van der Waals surface area (Å²) in [5.41, 5.74) is 2.46. The first-order chi connectivity index (χ1) is 21.1. The molecule has 0 fully saturated rings. The fourth-order valence-electron chi connectivity index (χ4n) is 3.77. The monoisotopic (exact) mass is 597 g/mol. The molecule has 2 amide bonds. The summed E-state index contributed by atoms with van der Waals surface area (Å²) in [5.74, 6) is -1.80. The topological polar surface area (TPSA) is 192 Å². The Balaban J connectivity index is 1.41. The third kappa shape index (κ3) is 7.85. The Morgan fingerprint density at radius 1 is 0.773 bits per heavy atom. The molecule has 0 radical (unpaired) electrons. The van der Waals surface area contributed by atoms with Crippen LogP contribution in [0, 0.1) is 20.2 Å². The molecule has 2 N–H and O–H groups in total. The third-order valence-corrected chi connectivity index (χ3v) is 5.85. The van der Waals surface area contributed by atoms with Crippen molar-refractivity contribution in [3.8, 4) is 11.5 Å². The van der Waals surface area contributed by atoms with Gasteiger partial charge in [-0.25, -0.2) is 10.2 Å². The van der Waals surface area contributed by atoms with E-state index in [-0.39, 0.29) is 24.0 Å². The van der Waals surface area contributed by atoms with Crippen molar-refractivity contribution >= 4 is 41.1 Å². The number of amides is 2. The van der Waals surface area contributed by atoms with E-state index in [1.807, 2.05) is 0 Å². The number of non-ortho nitro benzene ring substituents is 2. The Hall–Kier alpha value is -6.44. The number of nitrogens with one attached hydrogen (secondary N) is 2. The molecule has 0 unspecified atom stereocenters. The van der Waals surface area contributed by atoms with Gasteiger partial charge in [-0.1, -0.05) is 18.2 Å². The molecule has 0 aliphatic heterocycles. The van der Waals surface area contributed by atoms with Crippen LogP contribution in [0.2, 0.25) is 0 Å². The molecular formula is C30H23N5O9. The van der Waals surface area contributed by atoms with Crippen LogP contribution in [-0.2, 0) is 0 Å². The van der Waals surface area contributed by atoms with Gasteiger partial charge in [0.05, 0.1) is 34.3 Å². The van der Waals surface area contributed by atoms with Crippen molar-refractivity contribution in [1.82, 2.24) is 5.43 Å². The Labute approximate surface area is 249 Å². The zero-order chi connectivity index (χ0) is 31.6. The van der Waals surface area contributed by atoms with E-state index in [4.69, 9.17) is 9.47 Å². The maximum Gasteiger partial charge on any atom is 0.344 e. The molecule has 0 aromatic heterocycles. The maximum absolute atomic E-state index is 12.7. The lowest BCUT2D eigenvalue weighted by atomic mass is 10.1. The fourth-order valence-corrected chi connectivity index (χ4v) is 3.77. The van der Waals surface area contributed by atoms with Crippen LogP contribution in [0.3, 0.4) is 0 Å². The molecule has 0 saturated heterocycles. The highest BCUT2D eigenvalue weighted by Gasteiger charge is 2.22. The number of carbonyl (C=O) groups is 3. The second-order valence-corrected chi connectivity index (χ2v) is 8.88. The standard InChI is InChI=1S/C30H23N5O9/c1-2-43-27-14-19(8-13-26(27)44-30(38)22-15-24(34(39)40)17-25(16-22)35(41)42)18-31-33-29(37)21-9-11-23(12-10-21)32-28(36)20-6-4-3-5-7-20/h3-18H,2H2,1H3,(H,32,36)(H,33,37)/b31-18+. The molecule has 0 bridgehead atoms. The molecule has 4 aromatic rings. The van der Waals surface area contributed by atoms with Crippen molar-refractivity contribution in [3.63, 3.8) is 0 Å². The molecule has 14 heteroatoms. The number of esters is 1. The molecular weight excluding hydrogens is 574 g/mol. The van der Waals surface area contributed by atoms with Crippen molar-refractivity contribution in [2.75, 3.05) is 11.9 Å². The SMILES string of the molecule is CCOc1cc(/C=N/NC(=O)c2ccc(NC(=O)c3ccccc3)cc2)ccc1OC(=O)c1cc([N+](=O)[O-])cc([N+](=O)[O-])c1. The number of hydrazone groups is 1. The highest BCUT2D eigenvalue weighted by Crippen LogP contribution is 2.30. The second kappa shape index (κ2) is 14.0. The van der Waals surface area contributed by atoms with Crippen LogP contribution in [0.5, 0.6) is 11.5 Å². The Morgan fingerprint density at radius 2 is 1.41 bits per heavy atom. The lowest BCUT2D eigenvalue weighted by molar-refractivity contribution is -0.394. The summed E-state index contributed by atoms with van der Waals surface area (Å²) in [6.45, 7) is 1.88. The summed E-state index contributed by atoms with van der Waals surface area (Å²) in [5, 5.41) is 29.0. The van der Waals surface area contributed by atoms with Crippen LogP contribution in [0.15, 0.2) is 96.1 Å². The average molecular weight is 598 g/mol. The van der Waals surface area contributed by atoms with E-state index in [1.165, 1.54) is 36.5 Å². The third-order valence-electron chi connectivity index (χ3n) is 5.85. The number of benzene rings is 4. The van der Waals surface area contributed by atoms with Crippen LogP contribution in [0.4, 0.5) is 17.1 Å². The van der Waals surface area contributed by atoms with Gasteiger partial charge in [0, 0.05) is 28.9 Å². The van der Waals surface area contributed by atoms with Crippen molar-refractivity contribution in [2.45, 2.75) is 6.92 Å². The highest BCUT2D eigenvalue weighted by molar-refractivity contribution is 6.04. The molecule has 0 saturated carbocycles. The number of ether oxygens (including phenoxy) is 2. The van der Waals surface area contributed by atoms with Gasteiger partial charge in [0.15, 0.2) is 11.5 Å². The van der Waals surface area contributed by atoms with E-state index in [9.17, 15) is 34.6 Å². The quantitative estimate of drug-likeness (QED) is 0.0774. The summed E-state index contributed by atoms with van der Waals surface area (Å²) >= 11 is 0. The molecule has 4 aromatic carbocycles. The van der Waals surface area contributed by atoms with Gasteiger partial charge in [-0.05, 0) is 67.1 Å². The number of anilines is 1. The molecule has 0 heterocycles. The minimum Gasteiger partial charge on any atom is -0.490 e. The number of rotatable bonds is 11. The summed E-state index contributed by atoms with van der Waals surface area (Å²) in [6, 6.07) is 21.7. The van der Waals surface area contributed by atoms with Gasteiger partial charge in [-0.3, -0.25) is 29.8 Å². The zero-order valence-corrected chi connectivity index (χ0v) is 23.0. The Kier molecular flexibility index (Phi) is 9.68. The molecule has 44 heavy (non-hydrogen) atoms. The zero-order valence-electron chi connectivity index (χ0n) is 23.0. The van der Waals surface area contributed by atoms with Gasteiger partial charge in [-0.2, -0.15) is 5.10 Å². The van der Waals surface area contributed by atoms with Crippen molar-refractivity contribution in [3.05, 3.63) is 133 Å². The van der Waals surface area contributed by atoms with E-state index in [2.05, 4.69) is 15.8 Å². The van der Waals surface area contributed by atoms with Gasteiger partial charge in [0.25, 0.3) is 23.2 Å². The summed E-state index contributed by atoms with van der Waals surface area (Å²) in [7, 11) is 0. The van der Waals surface area contributed by atoms with Gasteiger partial charge < -0.3 is 14.8 Å². The normalized spacial score (nSPS) is 10.6. The number of nitro benzene ring substituents is 2. The predicted molar refractivity (Wildman–Crippen MR) is 158 cm³/mol. The Bertz CT molecular complexity index is 1720. The molecule has 0 spiro atoms. The number of hydrogen-bond acceptors (Lipinski definition) is 10. The second-order valence-electron chi connectivity index (χ2n) is 8.88. The number of hydrogen-bond donors (Lipinski definition) is 2. The van der Waals surface area contributed by atoms with E-state index in [0.29, 0.717) is 22.4 Å². The minimum absolute atomic E-state index is 0.0494. The van der Waals surface area contributed by atoms with E-state index in [0.717, 1.165) is 18.2 Å². The maximum atomic E-state index is 12.7. The average Bonchev–Trinajstić information content (AvgIpc) is 3.02. The molecule has 222 valence electrons. The number of nitrogens with zero attached hydrogens (tertiary/aromatic N) is 3. The van der Waals surface area contributed by atoms with E-state index in [1.54, 1.807) is 49.4 Å². The molecule has 0 atom stereocenters. The van der Waals surface area contributed by atoms with Crippen LogP contribution in [0.1, 0.15) is 43.6 Å². The minimum atomic E-state index is -1.07. The van der Waals surface area contributed by atoms with Crippen LogP contribution in [-0.4, -0.2) is 40.5 Å². The molecule has 0 aliphatic rings.